The lowest BCUT2D eigenvalue weighted by Gasteiger charge is -2.24. The van der Waals surface area contributed by atoms with E-state index in [1.54, 1.807) is 24.5 Å². The van der Waals surface area contributed by atoms with Crippen molar-refractivity contribution in [2.75, 3.05) is 11.9 Å². The summed E-state index contributed by atoms with van der Waals surface area (Å²) in [6, 6.07) is 13.6. The highest BCUT2D eigenvalue weighted by Crippen LogP contribution is 2.12. The van der Waals surface area contributed by atoms with Gasteiger partial charge in [0.2, 0.25) is 0 Å². The topological polar surface area (TPSA) is 54.0 Å². The number of carbonyl (C=O) groups is 1. The van der Waals surface area contributed by atoms with E-state index in [0.717, 1.165) is 5.69 Å². The van der Waals surface area contributed by atoms with Crippen molar-refractivity contribution in [3.8, 4) is 0 Å². The lowest BCUT2D eigenvalue weighted by Crippen LogP contribution is -2.39. The second-order valence-corrected chi connectivity index (χ2v) is 5.31. The predicted octanol–water partition coefficient (Wildman–Crippen LogP) is 2.95. The molecule has 0 saturated heterocycles. The molecular weight excluding hydrogens is 262 g/mol. The standard InChI is InChI=1S/C17H21N3O/c1-13(2)16(20-15-6-4-3-5-7-15)12-19-17(21)14-8-10-18-11-9-14/h3-11,13,16,20H,12H2,1-2H3,(H,19,21). The monoisotopic (exact) mass is 283 g/mol. The highest BCUT2D eigenvalue weighted by Gasteiger charge is 2.15. The number of aromatic nitrogens is 1. The lowest BCUT2D eigenvalue weighted by molar-refractivity contribution is 0.0950. The minimum absolute atomic E-state index is 0.0714. The van der Waals surface area contributed by atoms with Crippen LogP contribution in [0.3, 0.4) is 0 Å². The van der Waals surface area contributed by atoms with Crippen LogP contribution in [0.2, 0.25) is 0 Å². The van der Waals surface area contributed by atoms with Crippen LogP contribution in [-0.4, -0.2) is 23.5 Å². The molecule has 1 atom stereocenters. The number of amides is 1. The maximum Gasteiger partial charge on any atom is 0.251 e. The number of para-hydroxylation sites is 1. The van der Waals surface area contributed by atoms with Gasteiger partial charge in [-0.05, 0) is 30.2 Å². The number of nitrogens with one attached hydrogen (secondary N) is 2. The molecule has 21 heavy (non-hydrogen) atoms. The van der Waals surface area contributed by atoms with Gasteiger partial charge in [-0.15, -0.1) is 0 Å². The number of nitrogens with zero attached hydrogens (tertiary/aromatic N) is 1. The van der Waals surface area contributed by atoms with E-state index in [9.17, 15) is 4.79 Å². The maximum absolute atomic E-state index is 12.1. The Bertz CT molecular complexity index is 555. The van der Waals surface area contributed by atoms with Crippen LogP contribution in [0.4, 0.5) is 5.69 Å². The molecule has 4 heteroatoms. The van der Waals surface area contributed by atoms with Gasteiger partial charge in [0.05, 0.1) is 0 Å². The van der Waals surface area contributed by atoms with Gasteiger partial charge in [0.15, 0.2) is 0 Å². The molecule has 2 N–H and O–H groups in total. The summed E-state index contributed by atoms with van der Waals surface area (Å²) in [5, 5.41) is 6.43. The molecule has 0 spiro atoms. The average Bonchev–Trinajstić information content (AvgIpc) is 2.52. The third kappa shape index (κ3) is 4.60. The Balaban J connectivity index is 1.93. The average molecular weight is 283 g/mol. The van der Waals surface area contributed by atoms with Crippen LogP contribution in [0.5, 0.6) is 0 Å². The summed E-state index contributed by atoms with van der Waals surface area (Å²) in [7, 11) is 0. The Labute approximate surface area is 125 Å². The van der Waals surface area contributed by atoms with E-state index in [4.69, 9.17) is 0 Å². The van der Waals surface area contributed by atoms with Gasteiger partial charge in [-0.3, -0.25) is 9.78 Å². The molecule has 1 unspecified atom stereocenters. The third-order valence-electron chi connectivity index (χ3n) is 3.36. The Kier molecular flexibility index (Phi) is 5.32. The van der Waals surface area contributed by atoms with Crippen molar-refractivity contribution >= 4 is 11.6 Å². The first-order chi connectivity index (χ1) is 10.2. The van der Waals surface area contributed by atoms with Crippen LogP contribution in [0, 0.1) is 5.92 Å². The van der Waals surface area contributed by atoms with E-state index in [1.807, 2.05) is 30.3 Å². The van der Waals surface area contributed by atoms with Gasteiger partial charge in [-0.2, -0.15) is 0 Å². The smallest absolute Gasteiger partial charge is 0.251 e. The third-order valence-corrected chi connectivity index (χ3v) is 3.36. The van der Waals surface area contributed by atoms with Crippen molar-refractivity contribution in [1.29, 1.82) is 0 Å². The van der Waals surface area contributed by atoms with Crippen LogP contribution < -0.4 is 10.6 Å². The van der Waals surface area contributed by atoms with Gasteiger partial charge in [0, 0.05) is 36.2 Å². The molecule has 0 fully saturated rings. The van der Waals surface area contributed by atoms with Crippen molar-refractivity contribution in [2.24, 2.45) is 5.92 Å². The number of hydrogen-bond donors (Lipinski definition) is 2. The number of pyridine rings is 1. The summed E-state index contributed by atoms with van der Waals surface area (Å²) in [6.07, 6.45) is 3.24. The van der Waals surface area contributed by atoms with Crippen molar-refractivity contribution in [3.63, 3.8) is 0 Å². The van der Waals surface area contributed by atoms with Crippen LogP contribution in [0.15, 0.2) is 54.9 Å². The Morgan fingerprint density at radius 2 is 1.76 bits per heavy atom. The number of anilines is 1. The van der Waals surface area contributed by atoms with Gasteiger partial charge in [-0.1, -0.05) is 32.0 Å². The first-order valence-corrected chi connectivity index (χ1v) is 7.16. The summed E-state index contributed by atoms with van der Waals surface area (Å²) < 4.78 is 0. The lowest BCUT2D eigenvalue weighted by atomic mass is 10.0. The predicted molar refractivity (Wildman–Crippen MR) is 85.3 cm³/mol. The van der Waals surface area contributed by atoms with E-state index in [2.05, 4.69) is 29.5 Å². The molecule has 2 aromatic rings. The molecular formula is C17H21N3O. The van der Waals surface area contributed by atoms with Gasteiger partial charge >= 0.3 is 0 Å². The van der Waals surface area contributed by atoms with Gasteiger partial charge in [-0.25, -0.2) is 0 Å². The van der Waals surface area contributed by atoms with Crippen molar-refractivity contribution in [1.82, 2.24) is 10.3 Å². The summed E-state index contributed by atoms with van der Waals surface area (Å²) >= 11 is 0. The molecule has 1 amide bonds. The van der Waals surface area contributed by atoms with Crippen LogP contribution in [0.25, 0.3) is 0 Å². The van der Waals surface area contributed by atoms with Crippen molar-refractivity contribution < 1.29 is 4.79 Å². The fraction of sp³-hybridized carbons (Fsp3) is 0.294. The molecule has 1 aromatic heterocycles. The van der Waals surface area contributed by atoms with Gasteiger partial charge < -0.3 is 10.6 Å². The molecule has 0 aliphatic carbocycles. The van der Waals surface area contributed by atoms with Crippen molar-refractivity contribution in [2.45, 2.75) is 19.9 Å². The van der Waals surface area contributed by atoms with Crippen LogP contribution >= 0.6 is 0 Å². The molecule has 110 valence electrons. The zero-order chi connectivity index (χ0) is 15.1. The number of benzene rings is 1. The zero-order valence-electron chi connectivity index (χ0n) is 12.4. The van der Waals surface area contributed by atoms with Crippen LogP contribution in [-0.2, 0) is 0 Å². The van der Waals surface area contributed by atoms with E-state index in [0.29, 0.717) is 18.0 Å². The normalized spacial score (nSPS) is 12.0. The Hall–Kier alpha value is -2.36. The Morgan fingerprint density at radius 3 is 2.38 bits per heavy atom. The fourth-order valence-electron chi connectivity index (χ4n) is 2.01. The highest BCUT2D eigenvalue weighted by atomic mass is 16.1. The first-order valence-electron chi connectivity index (χ1n) is 7.16. The quantitative estimate of drug-likeness (QED) is 0.857. The number of rotatable bonds is 6. The molecule has 0 bridgehead atoms. The number of hydrogen-bond acceptors (Lipinski definition) is 3. The number of carbonyl (C=O) groups excluding carboxylic acids is 1. The van der Waals surface area contributed by atoms with E-state index >= 15 is 0 Å². The summed E-state index contributed by atoms with van der Waals surface area (Å²) in [4.78, 5) is 16.0. The molecule has 0 radical (unpaired) electrons. The highest BCUT2D eigenvalue weighted by molar-refractivity contribution is 5.94. The minimum Gasteiger partial charge on any atom is -0.380 e. The second kappa shape index (κ2) is 7.43. The van der Waals surface area contributed by atoms with E-state index in [-0.39, 0.29) is 11.9 Å². The fourth-order valence-corrected chi connectivity index (χ4v) is 2.01. The van der Waals surface area contributed by atoms with Crippen molar-refractivity contribution in [3.05, 3.63) is 60.4 Å². The van der Waals surface area contributed by atoms with E-state index in [1.165, 1.54) is 0 Å². The summed E-state index contributed by atoms with van der Waals surface area (Å²) in [5.41, 5.74) is 1.70. The molecule has 2 rings (SSSR count). The summed E-state index contributed by atoms with van der Waals surface area (Å²) in [5.74, 6) is 0.334. The molecule has 1 heterocycles. The van der Waals surface area contributed by atoms with Gasteiger partial charge in [0.1, 0.15) is 0 Å². The molecule has 0 aliphatic rings. The molecule has 1 aromatic carbocycles. The minimum atomic E-state index is -0.0714. The second-order valence-electron chi connectivity index (χ2n) is 5.31. The zero-order valence-corrected chi connectivity index (χ0v) is 12.4. The molecule has 0 saturated carbocycles. The molecule has 0 aliphatic heterocycles. The first kappa shape index (κ1) is 15.0. The Morgan fingerprint density at radius 1 is 1.10 bits per heavy atom. The SMILES string of the molecule is CC(C)C(CNC(=O)c1ccncc1)Nc1ccccc1. The van der Waals surface area contributed by atoms with Gasteiger partial charge in [0.25, 0.3) is 5.91 Å². The summed E-state index contributed by atoms with van der Waals surface area (Å²) in [6.45, 7) is 4.85. The van der Waals surface area contributed by atoms with Crippen LogP contribution in [0.1, 0.15) is 24.2 Å². The largest absolute Gasteiger partial charge is 0.380 e. The molecule has 4 nitrogen and oxygen atoms in total. The maximum atomic E-state index is 12.1. The van der Waals surface area contributed by atoms with E-state index < -0.39 is 0 Å².